The number of fused-ring (bicyclic) bond motifs is 1. The van der Waals surface area contributed by atoms with E-state index in [1.54, 1.807) is 23.4 Å². The average molecular weight is 403 g/mol. The summed E-state index contributed by atoms with van der Waals surface area (Å²) < 4.78 is 2.05. The fraction of sp³-hybridized carbons (Fsp3) is 0.364. The maximum Gasteiger partial charge on any atom is 0.261 e. The number of pyridine rings is 1. The molecule has 3 aromatic heterocycles. The Kier molecular flexibility index (Phi) is 4.82. The molecule has 0 aliphatic heterocycles. The van der Waals surface area contributed by atoms with E-state index in [0.717, 1.165) is 29.6 Å². The second kappa shape index (κ2) is 7.78. The maximum absolute atomic E-state index is 12.6. The van der Waals surface area contributed by atoms with Crippen molar-refractivity contribution < 1.29 is 0 Å². The van der Waals surface area contributed by atoms with E-state index in [1.165, 1.54) is 19.3 Å². The molecule has 0 spiro atoms. The molecule has 2 N–H and O–H groups in total. The summed E-state index contributed by atoms with van der Waals surface area (Å²) in [5.74, 6) is 0.604. The molecule has 1 aliphatic carbocycles. The largest absolute Gasteiger partial charge is 0.338 e. The topological polar surface area (TPSA) is 93.4 Å². The number of nitrogens with zero attached hydrogens (tertiary/aromatic N) is 5. The van der Waals surface area contributed by atoms with Crippen molar-refractivity contribution in [1.82, 2.24) is 29.8 Å². The highest BCUT2D eigenvalue weighted by atomic mass is 16.1. The number of hydrogen-bond acceptors (Lipinski definition) is 5. The van der Waals surface area contributed by atoms with Crippen molar-refractivity contribution in [3.63, 3.8) is 0 Å². The third-order valence-electron chi connectivity index (χ3n) is 5.99. The van der Waals surface area contributed by atoms with Crippen LogP contribution in [0.1, 0.15) is 56.7 Å². The van der Waals surface area contributed by atoms with E-state index in [-0.39, 0.29) is 11.6 Å². The van der Waals surface area contributed by atoms with E-state index in [2.05, 4.69) is 27.4 Å². The van der Waals surface area contributed by atoms with Gasteiger partial charge in [-0.25, -0.2) is 0 Å². The van der Waals surface area contributed by atoms with E-state index >= 15 is 0 Å². The smallest absolute Gasteiger partial charge is 0.261 e. The minimum absolute atomic E-state index is 0.0447. The molecule has 0 amide bonds. The van der Waals surface area contributed by atoms with Crippen molar-refractivity contribution in [2.24, 2.45) is 0 Å². The van der Waals surface area contributed by atoms with Crippen molar-refractivity contribution in [2.75, 3.05) is 5.32 Å². The lowest BCUT2D eigenvalue weighted by atomic mass is 9.95. The standard InChI is InChI=1S/C22H25N7O/c1-15(29-24-13-14-25-29)16-7-9-17(10-8-16)26-21-20-19(11-12-23-22(20)30)28(27-21)18-5-3-2-4-6-18/h7-15,18H,2-6H2,1H3,(H,23,30)(H,26,27). The molecular formula is C22H25N7O. The van der Waals surface area contributed by atoms with Crippen LogP contribution >= 0.6 is 0 Å². The highest BCUT2D eigenvalue weighted by molar-refractivity contribution is 5.91. The van der Waals surface area contributed by atoms with E-state index in [9.17, 15) is 4.79 Å². The molecule has 1 aliphatic rings. The number of H-pyrrole nitrogens is 1. The normalized spacial score (nSPS) is 16.0. The van der Waals surface area contributed by atoms with Gasteiger partial charge in [0.1, 0.15) is 5.39 Å². The lowest BCUT2D eigenvalue weighted by Gasteiger charge is -2.22. The van der Waals surface area contributed by atoms with Gasteiger partial charge in [0.25, 0.3) is 5.56 Å². The van der Waals surface area contributed by atoms with Crippen molar-refractivity contribution in [3.05, 3.63) is 64.8 Å². The van der Waals surface area contributed by atoms with Crippen LogP contribution in [0.3, 0.4) is 0 Å². The summed E-state index contributed by atoms with van der Waals surface area (Å²) in [5.41, 5.74) is 2.76. The molecule has 1 aromatic carbocycles. The number of nitrogens with one attached hydrogen (secondary N) is 2. The summed E-state index contributed by atoms with van der Waals surface area (Å²) >= 11 is 0. The molecule has 1 unspecified atom stereocenters. The van der Waals surface area contributed by atoms with Crippen LogP contribution in [0.4, 0.5) is 11.5 Å². The number of rotatable bonds is 5. The molecular weight excluding hydrogens is 378 g/mol. The van der Waals surface area contributed by atoms with Crippen LogP contribution in [0.25, 0.3) is 10.9 Å². The Hall–Kier alpha value is -3.42. The van der Waals surface area contributed by atoms with Crippen LogP contribution in [0.5, 0.6) is 0 Å². The minimum Gasteiger partial charge on any atom is -0.338 e. The number of aromatic amines is 1. The zero-order valence-electron chi connectivity index (χ0n) is 17.0. The monoisotopic (exact) mass is 403 g/mol. The van der Waals surface area contributed by atoms with Crippen LogP contribution in [0.2, 0.25) is 0 Å². The number of aromatic nitrogens is 6. The zero-order valence-corrected chi connectivity index (χ0v) is 17.0. The maximum atomic E-state index is 12.6. The Balaban J connectivity index is 1.46. The molecule has 5 rings (SSSR count). The molecule has 1 saturated carbocycles. The van der Waals surface area contributed by atoms with Gasteiger partial charge in [0.2, 0.25) is 0 Å². The number of anilines is 2. The third kappa shape index (κ3) is 3.38. The van der Waals surface area contributed by atoms with Crippen LogP contribution in [0.15, 0.2) is 53.7 Å². The molecule has 8 heteroatoms. The minimum atomic E-state index is -0.118. The van der Waals surface area contributed by atoms with Gasteiger partial charge in [-0.3, -0.25) is 9.48 Å². The first-order chi connectivity index (χ1) is 14.7. The highest BCUT2D eigenvalue weighted by Crippen LogP contribution is 2.33. The zero-order chi connectivity index (χ0) is 20.5. The van der Waals surface area contributed by atoms with Gasteiger partial charge in [0.15, 0.2) is 5.82 Å². The first kappa shape index (κ1) is 18.6. The van der Waals surface area contributed by atoms with Gasteiger partial charge in [0, 0.05) is 11.9 Å². The SMILES string of the molecule is CC(c1ccc(Nc2nn(C3CCCCC3)c3cc[nH]c(=O)c23)cc1)n1nccn1. The fourth-order valence-corrected chi connectivity index (χ4v) is 4.33. The van der Waals surface area contributed by atoms with Crippen LogP contribution in [-0.4, -0.2) is 29.8 Å². The molecule has 4 aromatic rings. The Bertz CT molecular complexity index is 1180. The van der Waals surface area contributed by atoms with Crippen LogP contribution in [0, 0.1) is 0 Å². The summed E-state index contributed by atoms with van der Waals surface area (Å²) in [4.78, 5) is 17.1. The molecule has 30 heavy (non-hydrogen) atoms. The predicted molar refractivity (Wildman–Crippen MR) is 116 cm³/mol. The van der Waals surface area contributed by atoms with Crippen molar-refractivity contribution >= 4 is 22.4 Å². The summed E-state index contributed by atoms with van der Waals surface area (Å²) in [6, 6.07) is 10.4. The summed E-state index contributed by atoms with van der Waals surface area (Å²) in [6.07, 6.45) is 11.0. The van der Waals surface area contributed by atoms with E-state index in [1.807, 2.05) is 35.0 Å². The Morgan fingerprint density at radius 1 is 1.07 bits per heavy atom. The van der Waals surface area contributed by atoms with Crippen molar-refractivity contribution in [1.29, 1.82) is 0 Å². The van der Waals surface area contributed by atoms with Gasteiger partial charge in [0.05, 0.1) is 30.0 Å². The quantitative estimate of drug-likeness (QED) is 0.521. The molecule has 0 radical (unpaired) electrons. The first-order valence-electron chi connectivity index (χ1n) is 10.5. The third-order valence-corrected chi connectivity index (χ3v) is 5.99. The fourth-order valence-electron chi connectivity index (χ4n) is 4.33. The van der Waals surface area contributed by atoms with Gasteiger partial charge in [-0.1, -0.05) is 31.4 Å². The van der Waals surface area contributed by atoms with Gasteiger partial charge in [-0.15, -0.1) is 0 Å². The lowest BCUT2D eigenvalue weighted by molar-refractivity contribution is 0.338. The van der Waals surface area contributed by atoms with Crippen molar-refractivity contribution in [3.8, 4) is 0 Å². The van der Waals surface area contributed by atoms with Gasteiger partial charge < -0.3 is 10.3 Å². The molecule has 1 fully saturated rings. The van der Waals surface area contributed by atoms with Crippen LogP contribution in [-0.2, 0) is 0 Å². The Morgan fingerprint density at radius 2 is 1.80 bits per heavy atom. The average Bonchev–Trinajstić information content (AvgIpc) is 3.44. The molecule has 1 atom stereocenters. The number of hydrogen-bond donors (Lipinski definition) is 2. The van der Waals surface area contributed by atoms with E-state index < -0.39 is 0 Å². The molecule has 3 heterocycles. The Morgan fingerprint density at radius 3 is 2.53 bits per heavy atom. The van der Waals surface area contributed by atoms with Crippen molar-refractivity contribution in [2.45, 2.75) is 51.1 Å². The van der Waals surface area contributed by atoms with Crippen LogP contribution < -0.4 is 10.9 Å². The predicted octanol–water partition coefficient (Wildman–Crippen LogP) is 4.17. The van der Waals surface area contributed by atoms with E-state index in [0.29, 0.717) is 17.2 Å². The molecule has 0 saturated heterocycles. The van der Waals surface area contributed by atoms with E-state index in [4.69, 9.17) is 5.10 Å². The first-order valence-corrected chi connectivity index (χ1v) is 10.5. The van der Waals surface area contributed by atoms with Gasteiger partial charge >= 0.3 is 0 Å². The summed E-state index contributed by atoms with van der Waals surface area (Å²) in [7, 11) is 0. The molecule has 154 valence electrons. The van der Waals surface area contributed by atoms with Gasteiger partial charge in [-0.05, 0) is 43.5 Å². The molecule has 0 bridgehead atoms. The number of benzene rings is 1. The highest BCUT2D eigenvalue weighted by Gasteiger charge is 2.22. The summed E-state index contributed by atoms with van der Waals surface area (Å²) in [6.45, 7) is 2.06. The summed E-state index contributed by atoms with van der Waals surface area (Å²) in [5, 5.41) is 17.2. The molecule has 8 nitrogen and oxygen atoms in total. The lowest BCUT2D eigenvalue weighted by Crippen LogP contribution is -2.14. The second-order valence-electron chi connectivity index (χ2n) is 7.92. The Labute approximate surface area is 173 Å². The second-order valence-corrected chi connectivity index (χ2v) is 7.92. The van der Waals surface area contributed by atoms with Gasteiger partial charge in [-0.2, -0.15) is 20.1 Å².